The molecule has 574 valence electrons. The number of aliphatic hydroxyl groups is 4. The Labute approximate surface area is 628 Å². The zero-order valence-corrected chi connectivity index (χ0v) is 63.4. The fourth-order valence-electron chi connectivity index (χ4n) is 13.7. The number of aliphatic hydroxyl groups excluding tert-OH is 4. The van der Waals surface area contributed by atoms with Gasteiger partial charge in [0.15, 0.2) is 5.78 Å². The number of benzene rings is 3. The maximum absolute atomic E-state index is 11.1. The first kappa shape index (κ1) is 86.6. The number of rotatable bonds is 32. The molecule has 0 saturated heterocycles. The summed E-state index contributed by atoms with van der Waals surface area (Å²) >= 11 is 0. The Kier molecular flexibility index (Phi) is 42.7. The molecule has 105 heavy (non-hydrogen) atoms. The van der Waals surface area contributed by atoms with Gasteiger partial charge in [-0.3, -0.25) is 14.4 Å². The summed E-state index contributed by atoms with van der Waals surface area (Å²) < 4.78 is 36.8. The van der Waals surface area contributed by atoms with Crippen molar-refractivity contribution in [1.29, 1.82) is 0 Å². The topological polar surface area (TPSA) is 214 Å². The van der Waals surface area contributed by atoms with Crippen molar-refractivity contribution in [3.05, 3.63) is 211 Å². The Hall–Kier alpha value is -7.34. The number of hydrogen-bond donors (Lipinski definition) is 4. The minimum absolute atomic E-state index is 0.00926. The molecule has 5 unspecified atom stereocenters. The highest BCUT2D eigenvalue weighted by molar-refractivity contribution is 5.92. The zero-order valence-electron chi connectivity index (χ0n) is 63.4. The van der Waals surface area contributed by atoms with Gasteiger partial charge in [0.25, 0.3) is 0 Å². The van der Waals surface area contributed by atoms with Crippen LogP contribution in [-0.2, 0) is 57.9 Å². The molecule has 13 rings (SSSR count). The third kappa shape index (κ3) is 36.7. The molecule has 2 saturated carbocycles. The normalized spacial score (nSPS) is 25.6. The highest BCUT2D eigenvalue weighted by Crippen LogP contribution is 2.39. The molecule has 10 aliphatic carbocycles. The monoisotopic (exact) mass is 1440 g/mol. The Bertz CT molecular complexity index is 3200. The fraction of sp³-hybridized carbons (Fsp3) is 0.533. The molecule has 0 amide bonds. The number of unbranched alkanes of at least 4 members (excludes halogenated alkanes) is 7. The van der Waals surface area contributed by atoms with E-state index < -0.39 is 0 Å². The van der Waals surface area contributed by atoms with E-state index in [1.807, 2.05) is 97.1 Å². The second-order valence-electron chi connectivity index (χ2n) is 28.8. The molecule has 0 heterocycles. The van der Waals surface area contributed by atoms with E-state index in [1.54, 1.807) is 39.6 Å². The summed E-state index contributed by atoms with van der Waals surface area (Å²) in [5, 5.41) is 36.5. The Balaban J connectivity index is 0.000000195. The first-order valence-corrected chi connectivity index (χ1v) is 38.8. The van der Waals surface area contributed by atoms with Gasteiger partial charge in [0.1, 0.15) is 29.3 Å². The number of esters is 1. The van der Waals surface area contributed by atoms with Crippen molar-refractivity contribution in [2.24, 2.45) is 59.2 Å². The number of fused-ring (bicyclic) bond motifs is 6. The molecule has 3 aromatic carbocycles. The van der Waals surface area contributed by atoms with E-state index in [0.29, 0.717) is 80.9 Å². The Morgan fingerprint density at radius 2 is 0.905 bits per heavy atom. The number of carbonyl (C=O) groups excluding carboxylic acids is 4. The van der Waals surface area contributed by atoms with E-state index in [2.05, 4.69) is 90.6 Å². The first-order chi connectivity index (χ1) is 51.1. The van der Waals surface area contributed by atoms with Crippen molar-refractivity contribution in [3.8, 4) is 17.2 Å². The van der Waals surface area contributed by atoms with Gasteiger partial charge in [-0.15, -0.1) is 0 Å². The zero-order chi connectivity index (χ0) is 75.1. The number of Topliss-reactive ketones (excluding diaryl/α,β-unsaturated/α-hetero) is 1. The van der Waals surface area contributed by atoms with Crippen LogP contribution >= 0.6 is 0 Å². The first-order valence-electron chi connectivity index (χ1n) is 38.8. The quantitative estimate of drug-likeness (QED) is 0.0198. The van der Waals surface area contributed by atoms with Crippen LogP contribution in [-0.4, -0.2) is 117 Å². The van der Waals surface area contributed by atoms with Gasteiger partial charge < -0.3 is 58.4 Å². The van der Waals surface area contributed by atoms with Crippen LogP contribution < -0.4 is 14.2 Å². The third-order valence-electron chi connectivity index (χ3n) is 20.0. The third-order valence-corrected chi connectivity index (χ3v) is 20.0. The summed E-state index contributed by atoms with van der Waals surface area (Å²) in [6.07, 6.45) is 64.7. The molecule has 15 heteroatoms. The van der Waals surface area contributed by atoms with Gasteiger partial charge in [0.2, 0.25) is 0 Å². The number of hydrogen-bond acceptors (Lipinski definition) is 15. The van der Waals surface area contributed by atoms with E-state index >= 15 is 0 Å². The molecule has 12 atom stereocenters. The van der Waals surface area contributed by atoms with Gasteiger partial charge in [0.05, 0.1) is 79.1 Å². The van der Waals surface area contributed by atoms with Crippen LogP contribution in [0.3, 0.4) is 0 Å². The lowest BCUT2D eigenvalue weighted by Gasteiger charge is -2.08. The van der Waals surface area contributed by atoms with Crippen LogP contribution in [0, 0.1) is 59.2 Å². The molecular formula is C90H124O15. The van der Waals surface area contributed by atoms with Gasteiger partial charge in [-0.05, 0) is 209 Å². The van der Waals surface area contributed by atoms with E-state index in [1.165, 1.54) is 62.3 Å². The van der Waals surface area contributed by atoms with Gasteiger partial charge in [-0.1, -0.05) is 178 Å². The fourth-order valence-corrected chi connectivity index (χ4v) is 13.7. The van der Waals surface area contributed by atoms with Crippen LogP contribution in [0.4, 0.5) is 0 Å². The van der Waals surface area contributed by atoms with Crippen molar-refractivity contribution in [1.82, 2.24) is 0 Å². The van der Waals surface area contributed by atoms with Crippen LogP contribution in [0.2, 0.25) is 0 Å². The number of ketones is 2. The smallest absolute Gasteiger partial charge is 0.306 e. The molecule has 2 fully saturated rings. The minimum Gasteiger partial charge on any atom is -0.497 e. The molecule has 3 aromatic rings. The SMILES string of the molecule is C1=CC2C=CC1C2.CCCCCCOCc1ccc(OC)cc1.COC(=O)C[C@H]1C=C[C@@H](O)C1.COc1ccc(COCCCC/C=C\C[C@H]2C=CC(=O)C2)cc1.COc1ccc(COCCCC/C=C\C[C@H]2C=C[C@@H](O)C2)cc1.O=C1CC2C=CC1C2.O=CC[C@H]1C=C[C@@H](O)C1.OC1CC2C=CC1C2. The highest BCUT2D eigenvalue weighted by atomic mass is 16.5. The van der Waals surface area contributed by atoms with Crippen molar-refractivity contribution in [3.63, 3.8) is 0 Å². The molecular weight excluding hydrogens is 1320 g/mol. The number of ether oxygens (including phenoxy) is 7. The molecule has 10 aliphatic rings. The number of carbonyl (C=O) groups is 4. The summed E-state index contributed by atoms with van der Waals surface area (Å²) in [5.74, 6) is 8.34. The van der Waals surface area contributed by atoms with Crippen molar-refractivity contribution < 1.29 is 72.8 Å². The van der Waals surface area contributed by atoms with E-state index in [0.717, 1.165) is 145 Å². The maximum Gasteiger partial charge on any atom is 0.306 e. The van der Waals surface area contributed by atoms with Crippen LogP contribution in [0.1, 0.15) is 171 Å². The van der Waals surface area contributed by atoms with Crippen LogP contribution in [0.5, 0.6) is 17.2 Å². The lowest BCUT2D eigenvalue weighted by Crippen LogP contribution is -2.11. The molecule has 15 nitrogen and oxygen atoms in total. The molecule has 0 spiro atoms. The molecule has 0 aliphatic heterocycles. The largest absolute Gasteiger partial charge is 0.497 e. The average Bonchev–Trinajstić information content (AvgIpc) is 1.68. The Morgan fingerprint density at radius 1 is 0.438 bits per heavy atom. The van der Waals surface area contributed by atoms with E-state index in [-0.39, 0.29) is 48.0 Å². The standard InChI is InChI=1S/C20H28O3.C20H26O3.C14H22O2.C8H12O3.C7H10O2.C7H10O.C7H8O.C7H8/c2*1-22-20-12-9-18(10-13-20)16-23-14-6-4-2-3-5-7-17-8-11-19(21)15-17;1-3-4-5-6-11-16-12-13-7-9-14(15-2)10-8-13;1-11-8(10)5-6-2-3-7(9)4-6;8-4-3-6-1-2-7(9)5-6;2*8-7-4-5-1-2-6(7)3-5;1-2-7-4-3-6(1)5-7/h3,5,8-13,17,19,21H,2,4,6-7,14-16H2,1H3;3,5,8-13,17H,2,4,6-7,14-16H2,1H3;7-10H,3-6,11-12H2,1-2H3;2-3,6-7,9H,4-5H2,1H3;1-2,4,6-7,9H,3,5H2;1-2,5-8H,3-4H2;1-2,5-6H,3-4H2;1-4,6-7H,5H2/b2*5-3-;;;;;;/t17-,19+;17-;;6-,7+;6-,7-;;;/m00.01.../s1. The predicted octanol–water partition coefficient (Wildman–Crippen LogP) is 17.4. The second-order valence-corrected chi connectivity index (χ2v) is 28.8. The number of aldehydes is 1. The van der Waals surface area contributed by atoms with Crippen LogP contribution in [0.15, 0.2) is 194 Å². The minimum atomic E-state index is -0.371. The predicted molar refractivity (Wildman–Crippen MR) is 418 cm³/mol. The summed E-state index contributed by atoms with van der Waals surface area (Å²) in [5.41, 5.74) is 3.55. The number of allylic oxidation sites excluding steroid dienone is 16. The van der Waals surface area contributed by atoms with Gasteiger partial charge in [-0.2, -0.15) is 0 Å². The van der Waals surface area contributed by atoms with Gasteiger partial charge in [-0.25, -0.2) is 0 Å². The molecule has 0 radical (unpaired) electrons. The van der Waals surface area contributed by atoms with E-state index in [9.17, 15) is 24.3 Å². The number of methoxy groups -OCH3 is 4. The second kappa shape index (κ2) is 51.8. The van der Waals surface area contributed by atoms with Crippen molar-refractivity contribution in [2.45, 2.75) is 199 Å². The summed E-state index contributed by atoms with van der Waals surface area (Å²) in [4.78, 5) is 42.6. The van der Waals surface area contributed by atoms with Crippen molar-refractivity contribution in [2.75, 3.05) is 48.3 Å². The summed E-state index contributed by atoms with van der Waals surface area (Å²) in [6.45, 7) is 6.70. The molecule has 6 bridgehead atoms. The molecule has 0 aromatic heterocycles. The lowest BCUT2D eigenvalue weighted by molar-refractivity contribution is -0.141. The Morgan fingerprint density at radius 3 is 1.23 bits per heavy atom. The highest BCUT2D eigenvalue weighted by Gasteiger charge is 2.34. The molecule has 4 N–H and O–H groups in total. The van der Waals surface area contributed by atoms with Crippen LogP contribution in [0.25, 0.3) is 0 Å². The summed E-state index contributed by atoms with van der Waals surface area (Å²) in [6, 6.07) is 24.0. The maximum atomic E-state index is 11.1. The van der Waals surface area contributed by atoms with Crippen molar-refractivity contribution >= 4 is 23.8 Å². The van der Waals surface area contributed by atoms with Gasteiger partial charge in [0, 0.05) is 50.9 Å². The summed E-state index contributed by atoms with van der Waals surface area (Å²) in [7, 11) is 6.40. The van der Waals surface area contributed by atoms with Gasteiger partial charge >= 0.3 is 5.97 Å². The average molecular weight is 1450 g/mol. The van der Waals surface area contributed by atoms with E-state index in [4.69, 9.17) is 43.7 Å². The lowest BCUT2D eigenvalue weighted by atomic mass is 10.0.